The summed E-state index contributed by atoms with van der Waals surface area (Å²) in [5.74, 6) is -0.210. The van der Waals surface area contributed by atoms with E-state index in [4.69, 9.17) is 26.2 Å². The molecule has 2 aromatic rings. The van der Waals surface area contributed by atoms with Crippen molar-refractivity contribution in [2.24, 2.45) is 0 Å². The fourth-order valence-corrected chi connectivity index (χ4v) is 2.35. The summed E-state index contributed by atoms with van der Waals surface area (Å²) in [7, 11) is 0. The molecule has 7 heteroatoms. The summed E-state index contributed by atoms with van der Waals surface area (Å²) in [6, 6.07) is 13.9. The Morgan fingerprint density at radius 2 is 1.88 bits per heavy atom. The summed E-state index contributed by atoms with van der Waals surface area (Å²) in [4.78, 5) is 22.5. The van der Waals surface area contributed by atoms with Gasteiger partial charge in [-0.3, -0.25) is 4.79 Å². The zero-order chi connectivity index (χ0) is 18.9. The lowest BCUT2D eigenvalue weighted by molar-refractivity contribution is -0.139. The van der Waals surface area contributed by atoms with Crippen LogP contribution in [0.1, 0.15) is 12.5 Å². The highest BCUT2D eigenvalue weighted by Gasteiger charge is 2.14. The molecule has 0 aliphatic carbocycles. The molecule has 0 aromatic heterocycles. The Labute approximate surface area is 156 Å². The van der Waals surface area contributed by atoms with Crippen molar-refractivity contribution in [1.29, 1.82) is 0 Å². The molecule has 0 saturated carbocycles. The van der Waals surface area contributed by atoms with E-state index >= 15 is 0 Å². The van der Waals surface area contributed by atoms with Crippen LogP contribution in [0.25, 0.3) is 0 Å². The Hall–Kier alpha value is -2.73. The van der Waals surface area contributed by atoms with E-state index in [0.29, 0.717) is 29.5 Å². The molecule has 0 fully saturated rings. The minimum atomic E-state index is -1.02. The second-order valence-corrected chi connectivity index (χ2v) is 6.02. The molecule has 0 heterocycles. The first-order valence-electron chi connectivity index (χ1n) is 8.07. The second-order valence-electron chi connectivity index (χ2n) is 5.58. The molecule has 1 unspecified atom stereocenters. The van der Waals surface area contributed by atoms with Gasteiger partial charge in [0.15, 0.2) is 12.7 Å². The number of carboxylic acids is 1. The van der Waals surface area contributed by atoms with Gasteiger partial charge < -0.3 is 19.9 Å². The number of benzene rings is 2. The van der Waals surface area contributed by atoms with Crippen molar-refractivity contribution in [2.45, 2.75) is 19.4 Å². The van der Waals surface area contributed by atoms with Crippen molar-refractivity contribution in [1.82, 2.24) is 5.32 Å². The molecule has 1 atom stereocenters. The van der Waals surface area contributed by atoms with Crippen LogP contribution in [0.15, 0.2) is 48.5 Å². The van der Waals surface area contributed by atoms with E-state index in [2.05, 4.69) is 5.32 Å². The summed E-state index contributed by atoms with van der Waals surface area (Å²) in [5.41, 5.74) is 0.997. The molecule has 0 bridgehead atoms. The van der Waals surface area contributed by atoms with Gasteiger partial charge in [0, 0.05) is 11.6 Å². The van der Waals surface area contributed by atoms with E-state index in [1.807, 2.05) is 12.1 Å². The van der Waals surface area contributed by atoms with Gasteiger partial charge in [0.1, 0.15) is 11.5 Å². The van der Waals surface area contributed by atoms with Crippen LogP contribution in [0.3, 0.4) is 0 Å². The van der Waals surface area contributed by atoms with E-state index in [1.54, 1.807) is 43.3 Å². The van der Waals surface area contributed by atoms with Gasteiger partial charge >= 0.3 is 5.97 Å². The third-order valence-electron chi connectivity index (χ3n) is 3.48. The van der Waals surface area contributed by atoms with Crippen molar-refractivity contribution in [2.75, 3.05) is 13.2 Å². The maximum Gasteiger partial charge on any atom is 0.341 e. The predicted molar refractivity (Wildman–Crippen MR) is 97.8 cm³/mol. The molecule has 2 N–H and O–H groups in total. The van der Waals surface area contributed by atoms with Crippen LogP contribution >= 0.6 is 11.6 Å². The van der Waals surface area contributed by atoms with Gasteiger partial charge in [0.2, 0.25) is 0 Å². The molecule has 26 heavy (non-hydrogen) atoms. The zero-order valence-corrected chi connectivity index (χ0v) is 15.0. The maximum absolute atomic E-state index is 12.1. The van der Waals surface area contributed by atoms with E-state index in [-0.39, 0.29) is 12.5 Å². The summed E-state index contributed by atoms with van der Waals surface area (Å²) < 4.78 is 10.6. The van der Waals surface area contributed by atoms with Crippen LogP contribution in [0, 0.1) is 0 Å². The van der Waals surface area contributed by atoms with Crippen LogP contribution in [0.2, 0.25) is 5.02 Å². The minimum Gasteiger partial charge on any atom is -0.482 e. The predicted octanol–water partition coefficient (Wildman–Crippen LogP) is 2.93. The number of carbonyl (C=O) groups excluding carboxylic acids is 1. The van der Waals surface area contributed by atoms with Gasteiger partial charge in [-0.25, -0.2) is 4.79 Å². The molecule has 2 rings (SSSR count). The number of aliphatic carboxylic acids is 1. The monoisotopic (exact) mass is 377 g/mol. The number of carboxylic acid groups (broad SMARTS) is 1. The highest BCUT2D eigenvalue weighted by Crippen LogP contribution is 2.18. The molecule has 0 spiro atoms. The lowest BCUT2D eigenvalue weighted by Gasteiger charge is -2.15. The van der Waals surface area contributed by atoms with Crippen molar-refractivity contribution in [3.8, 4) is 11.5 Å². The third-order valence-corrected chi connectivity index (χ3v) is 3.71. The first-order valence-corrected chi connectivity index (χ1v) is 8.45. The summed E-state index contributed by atoms with van der Waals surface area (Å²) in [5, 5.41) is 11.9. The van der Waals surface area contributed by atoms with Gasteiger partial charge in [-0.2, -0.15) is 0 Å². The molecule has 0 aliphatic rings. The van der Waals surface area contributed by atoms with Crippen molar-refractivity contribution in [3.05, 3.63) is 59.1 Å². The SMILES string of the molecule is CC(Oc1cccc(Cl)c1)C(=O)NCCc1ccc(OCC(=O)O)cc1. The number of ether oxygens (including phenoxy) is 2. The van der Waals surface area contributed by atoms with Crippen LogP contribution in [-0.2, 0) is 16.0 Å². The smallest absolute Gasteiger partial charge is 0.341 e. The molecule has 6 nitrogen and oxygen atoms in total. The molecule has 2 aromatic carbocycles. The van der Waals surface area contributed by atoms with Crippen molar-refractivity contribution >= 4 is 23.5 Å². The Kier molecular flexibility index (Phi) is 7.29. The first kappa shape index (κ1) is 19.6. The highest BCUT2D eigenvalue weighted by molar-refractivity contribution is 6.30. The lowest BCUT2D eigenvalue weighted by atomic mass is 10.1. The lowest BCUT2D eigenvalue weighted by Crippen LogP contribution is -2.37. The standard InChI is InChI=1S/C19H20ClNO5/c1-13(26-17-4-2-3-15(20)11-17)19(24)21-10-9-14-5-7-16(8-6-14)25-12-18(22)23/h2-8,11,13H,9-10,12H2,1H3,(H,21,24)(H,22,23). The Bertz CT molecular complexity index is 748. The van der Waals surface area contributed by atoms with E-state index in [0.717, 1.165) is 5.56 Å². The van der Waals surface area contributed by atoms with Crippen LogP contribution in [0.5, 0.6) is 11.5 Å². The topological polar surface area (TPSA) is 84.9 Å². The third kappa shape index (κ3) is 6.64. The largest absolute Gasteiger partial charge is 0.482 e. The fraction of sp³-hybridized carbons (Fsp3) is 0.263. The molecule has 0 aliphatic heterocycles. The molecular weight excluding hydrogens is 358 g/mol. The quantitative estimate of drug-likeness (QED) is 0.701. The number of hydrogen-bond donors (Lipinski definition) is 2. The zero-order valence-electron chi connectivity index (χ0n) is 14.3. The van der Waals surface area contributed by atoms with Crippen LogP contribution < -0.4 is 14.8 Å². The summed E-state index contributed by atoms with van der Waals surface area (Å²) in [6.45, 7) is 1.75. The van der Waals surface area contributed by atoms with Gasteiger partial charge in [-0.1, -0.05) is 29.8 Å². The molecular formula is C19H20ClNO5. The number of amides is 1. The van der Waals surface area contributed by atoms with Crippen LogP contribution in [-0.4, -0.2) is 36.2 Å². The fourth-order valence-electron chi connectivity index (χ4n) is 2.17. The summed E-state index contributed by atoms with van der Waals surface area (Å²) in [6.07, 6.45) is -0.00488. The molecule has 1 amide bonds. The number of nitrogens with one attached hydrogen (secondary N) is 1. The van der Waals surface area contributed by atoms with Gasteiger partial charge in [0.25, 0.3) is 5.91 Å². The summed E-state index contributed by atoms with van der Waals surface area (Å²) >= 11 is 5.89. The second kappa shape index (κ2) is 9.68. The van der Waals surface area contributed by atoms with Gasteiger partial charge in [-0.15, -0.1) is 0 Å². The maximum atomic E-state index is 12.1. The number of carbonyl (C=O) groups is 2. The Morgan fingerprint density at radius 1 is 1.15 bits per heavy atom. The van der Waals surface area contributed by atoms with E-state index in [1.165, 1.54) is 0 Å². The van der Waals surface area contributed by atoms with Crippen molar-refractivity contribution < 1.29 is 24.2 Å². The Balaban J connectivity index is 1.74. The average Bonchev–Trinajstić information content (AvgIpc) is 2.61. The van der Waals surface area contributed by atoms with E-state index < -0.39 is 12.1 Å². The van der Waals surface area contributed by atoms with Crippen LogP contribution in [0.4, 0.5) is 0 Å². The molecule has 0 radical (unpaired) electrons. The van der Waals surface area contributed by atoms with Gasteiger partial charge in [0.05, 0.1) is 0 Å². The normalized spacial score (nSPS) is 11.5. The number of rotatable bonds is 9. The highest BCUT2D eigenvalue weighted by atomic mass is 35.5. The number of halogens is 1. The molecule has 138 valence electrons. The first-order chi connectivity index (χ1) is 12.4. The Morgan fingerprint density at radius 3 is 2.54 bits per heavy atom. The molecule has 0 saturated heterocycles. The van der Waals surface area contributed by atoms with E-state index in [9.17, 15) is 9.59 Å². The minimum absolute atomic E-state index is 0.216. The number of hydrogen-bond acceptors (Lipinski definition) is 4. The van der Waals surface area contributed by atoms with Gasteiger partial charge in [-0.05, 0) is 49.2 Å². The van der Waals surface area contributed by atoms with Crippen molar-refractivity contribution in [3.63, 3.8) is 0 Å². The average molecular weight is 378 g/mol.